The van der Waals surface area contributed by atoms with Gasteiger partial charge in [-0.05, 0) is 40.8 Å². The smallest absolute Gasteiger partial charge is 0.376 e. The summed E-state index contributed by atoms with van der Waals surface area (Å²) in [5.74, 6) is -0.410. The first kappa shape index (κ1) is 30.8. The maximum Gasteiger partial charge on any atom is 0.534 e. The molecular formula is C29H25F3N3O5S2. The molecule has 1 amide bonds. The molecule has 0 aliphatic carbocycles. The highest BCUT2D eigenvalue weighted by atomic mass is 32.2. The van der Waals surface area contributed by atoms with E-state index in [1.807, 2.05) is 12.4 Å². The van der Waals surface area contributed by atoms with Crippen molar-refractivity contribution in [1.82, 2.24) is 15.3 Å². The zero-order valence-electron chi connectivity index (χ0n) is 22.6. The number of amides is 1. The highest BCUT2D eigenvalue weighted by Gasteiger charge is 2.48. The van der Waals surface area contributed by atoms with Crippen molar-refractivity contribution in [2.75, 3.05) is 0 Å². The second-order valence-electron chi connectivity index (χ2n) is 10.3. The molecule has 0 saturated carbocycles. The zero-order valence-corrected chi connectivity index (χ0v) is 24.2. The Morgan fingerprint density at radius 2 is 1.52 bits per heavy atom. The van der Waals surface area contributed by atoms with Crippen molar-refractivity contribution in [3.8, 4) is 28.3 Å². The van der Waals surface area contributed by atoms with Crippen molar-refractivity contribution in [3.05, 3.63) is 88.4 Å². The number of benzene rings is 2. The van der Waals surface area contributed by atoms with E-state index in [0.29, 0.717) is 27.4 Å². The molecule has 219 valence electrons. The molecule has 0 bridgehead atoms. The number of nitrogens with one attached hydrogen (secondary N) is 1. The Balaban J connectivity index is 1.38. The van der Waals surface area contributed by atoms with Gasteiger partial charge in [0.05, 0.1) is 10.9 Å². The van der Waals surface area contributed by atoms with Gasteiger partial charge in [0.1, 0.15) is 5.75 Å². The minimum absolute atomic E-state index is 0.0816. The molecule has 2 heterocycles. The van der Waals surface area contributed by atoms with Gasteiger partial charge in [0.2, 0.25) is 6.29 Å². The first-order valence-electron chi connectivity index (χ1n) is 12.5. The maximum absolute atomic E-state index is 12.7. The third-order valence-electron chi connectivity index (χ3n) is 6.00. The predicted molar refractivity (Wildman–Crippen MR) is 152 cm³/mol. The molecular weight excluding hydrogens is 591 g/mol. The summed E-state index contributed by atoms with van der Waals surface area (Å²) < 4.78 is 64.0. The molecule has 8 nitrogen and oxygen atoms in total. The van der Waals surface area contributed by atoms with Crippen LogP contribution < -0.4 is 9.50 Å². The predicted octanol–water partition coefficient (Wildman–Crippen LogP) is 5.85. The van der Waals surface area contributed by atoms with Gasteiger partial charge in [0.15, 0.2) is 5.82 Å². The molecule has 4 rings (SSSR count). The van der Waals surface area contributed by atoms with E-state index in [1.54, 1.807) is 30.3 Å². The molecule has 4 aromatic rings. The van der Waals surface area contributed by atoms with Crippen molar-refractivity contribution >= 4 is 33.6 Å². The lowest BCUT2D eigenvalue weighted by atomic mass is 9.95. The Morgan fingerprint density at radius 3 is 2.05 bits per heavy atom. The van der Waals surface area contributed by atoms with Gasteiger partial charge in [-0.15, -0.1) is 11.3 Å². The van der Waals surface area contributed by atoms with Gasteiger partial charge in [0.25, 0.3) is 5.91 Å². The van der Waals surface area contributed by atoms with Crippen LogP contribution in [0.3, 0.4) is 0 Å². The SMILES string of the molecule is CC(C)(C)c1ccc(C(=O)N[C@H]([C]=O)Cc2ccc(-c3ncc(-c4ccc(OS(=O)(=O)C(F)(F)F)cc4)cn3)cc2)s1. The topological polar surface area (TPSA) is 115 Å². The molecule has 1 radical (unpaired) electrons. The minimum atomic E-state index is -5.76. The number of hydrogen-bond acceptors (Lipinski definition) is 8. The number of thiophene rings is 1. The standard InChI is InChI=1S/C29H25F3N3O5S2/c1-28(2,3)25-13-12-24(41-25)27(37)35-22(17-36)14-18-4-6-20(7-5-18)26-33-15-21(16-34-26)19-8-10-23(11-9-19)40-42(38,39)29(30,31)32/h4-13,15-16,22H,14H2,1-3H3,(H,35,37)/t22-/m0/s1. The van der Waals surface area contributed by atoms with Crippen LogP contribution in [0.4, 0.5) is 13.2 Å². The van der Waals surface area contributed by atoms with E-state index in [0.717, 1.165) is 22.6 Å². The number of alkyl halides is 3. The summed E-state index contributed by atoms with van der Waals surface area (Å²) in [6.45, 7) is 6.18. The van der Waals surface area contributed by atoms with Crippen LogP contribution in [-0.4, -0.2) is 42.1 Å². The van der Waals surface area contributed by atoms with Crippen molar-refractivity contribution in [2.24, 2.45) is 0 Å². The number of aromatic nitrogens is 2. The van der Waals surface area contributed by atoms with Crippen LogP contribution in [0, 0.1) is 0 Å². The largest absolute Gasteiger partial charge is 0.534 e. The number of carbonyl (C=O) groups is 1. The van der Waals surface area contributed by atoms with Gasteiger partial charge in [-0.2, -0.15) is 21.6 Å². The lowest BCUT2D eigenvalue weighted by Gasteiger charge is -2.15. The van der Waals surface area contributed by atoms with Crippen LogP contribution >= 0.6 is 11.3 Å². The van der Waals surface area contributed by atoms with Crippen LogP contribution in [0.15, 0.2) is 73.1 Å². The third kappa shape index (κ3) is 7.39. The molecule has 1 atom stereocenters. The molecule has 0 aliphatic rings. The molecule has 0 unspecified atom stereocenters. The number of carbonyl (C=O) groups excluding carboxylic acids is 2. The number of halogens is 3. The van der Waals surface area contributed by atoms with Crippen molar-refractivity contribution in [1.29, 1.82) is 0 Å². The summed E-state index contributed by atoms with van der Waals surface area (Å²) in [5, 5.41) is 2.72. The summed E-state index contributed by atoms with van der Waals surface area (Å²) in [6, 6.07) is 14.9. The van der Waals surface area contributed by atoms with E-state index >= 15 is 0 Å². The summed E-state index contributed by atoms with van der Waals surface area (Å²) in [5.41, 5.74) is -3.05. The average molecular weight is 617 g/mol. The van der Waals surface area contributed by atoms with Gasteiger partial charge in [-0.1, -0.05) is 57.2 Å². The summed E-state index contributed by atoms with van der Waals surface area (Å²) in [4.78, 5) is 34.5. The summed E-state index contributed by atoms with van der Waals surface area (Å²) >= 11 is 1.39. The molecule has 13 heteroatoms. The van der Waals surface area contributed by atoms with Crippen LogP contribution in [0.5, 0.6) is 5.75 Å². The average Bonchev–Trinajstić information content (AvgIpc) is 3.44. The van der Waals surface area contributed by atoms with Gasteiger partial charge in [0, 0.05) is 34.8 Å². The molecule has 0 saturated heterocycles. The molecule has 0 aliphatic heterocycles. The Hall–Kier alpha value is -4.10. The number of rotatable bonds is 9. The lowest BCUT2D eigenvalue weighted by molar-refractivity contribution is -0.0500. The van der Waals surface area contributed by atoms with Crippen LogP contribution in [0.2, 0.25) is 0 Å². The Labute approximate surface area is 244 Å². The first-order chi connectivity index (χ1) is 19.7. The monoisotopic (exact) mass is 616 g/mol. The summed E-state index contributed by atoms with van der Waals surface area (Å²) in [7, 11) is -5.76. The molecule has 2 aromatic carbocycles. The van der Waals surface area contributed by atoms with Crippen LogP contribution in [0.25, 0.3) is 22.5 Å². The fourth-order valence-electron chi connectivity index (χ4n) is 3.74. The number of nitrogens with zero attached hydrogens (tertiary/aromatic N) is 2. The summed E-state index contributed by atoms with van der Waals surface area (Å²) in [6.07, 6.45) is 5.16. The molecule has 0 fully saturated rings. The van der Waals surface area contributed by atoms with E-state index in [4.69, 9.17) is 0 Å². The normalized spacial score (nSPS) is 12.9. The highest BCUT2D eigenvalue weighted by molar-refractivity contribution is 7.88. The van der Waals surface area contributed by atoms with E-state index in [-0.39, 0.29) is 17.7 Å². The van der Waals surface area contributed by atoms with E-state index in [9.17, 15) is 31.2 Å². The highest BCUT2D eigenvalue weighted by Crippen LogP contribution is 2.30. The Morgan fingerprint density at radius 1 is 0.929 bits per heavy atom. The second-order valence-corrected chi connectivity index (χ2v) is 12.9. The molecule has 1 N–H and O–H groups in total. The lowest BCUT2D eigenvalue weighted by Crippen LogP contribution is -2.37. The van der Waals surface area contributed by atoms with Gasteiger partial charge in [-0.3, -0.25) is 9.59 Å². The van der Waals surface area contributed by atoms with Gasteiger partial charge >= 0.3 is 15.6 Å². The van der Waals surface area contributed by atoms with Crippen molar-refractivity contribution in [2.45, 2.75) is 44.2 Å². The second kappa shape index (κ2) is 12.0. The minimum Gasteiger partial charge on any atom is -0.376 e. The van der Waals surface area contributed by atoms with Crippen molar-refractivity contribution in [3.63, 3.8) is 0 Å². The van der Waals surface area contributed by atoms with E-state index < -0.39 is 27.4 Å². The fourth-order valence-corrected chi connectivity index (χ4v) is 5.17. The van der Waals surface area contributed by atoms with Crippen LogP contribution in [0.1, 0.15) is 40.9 Å². The van der Waals surface area contributed by atoms with E-state index in [1.165, 1.54) is 35.9 Å². The van der Waals surface area contributed by atoms with Gasteiger partial charge < -0.3 is 9.50 Å². The van der Waals surface area contributed by atoms with Gasteiger partial charge in [-0.25, -0.2) is 9.97 Å². The maximum atomic E-state index is 12.7. The number of hydrogen-bond donors (Lipinski definition) is 1. The molecule has 0 spiro atoms. The van der Waals surface area contributed by atoms with E-state index in [2.05, 4.69) is 40.2 Å². The zero-order chi connectivity index (χ0) is 30.7. The fraction of sp³-hybridized carbons (Fsp3) is 0.241. The Bertz CT molecular complexity index is 1660. The quantitative estimate of drug-likeness (QED) is 0.185. The van der Waals surface area contributed by atoms with Crippen LogP contribution in [-0.2, 0) is 26.7 Å². The van der Waals surface area contributed by atoms with Crippen molar-refractivity contribution < 1.29 is 35.4 Å². The first-order valence-corrected chi connectivity index (χ1v) is 14.7. The molecule has 2 aromatic heterocycles. The molecule has 42 heavy (non-hydrogen) atoms. The third-order valence-corrected chi connectivity index (χ3v) is 8.49. The Kier molecular flexibility index (Phi) is 8.83.